The van der Waals surface area contributed by atoms with E-state index in [1.165, 1.54) is 14.0 Å². The number of rotatable bonds is 2. The van der Waals surface area contributed by atoms with Crippen molar-refractivity contribution in [2.24, 2.45) is 0 Å². The Morgan fingerprint density at radius 1 is 1.07 bits per heavy atom. The molecule has 14 heteroatoms. The number of benzene rings is 1. The van der Waals surface area contributed by atoms with Crippen molar-refractivity contribution in [3.63, 3.8) is 0 Å². The summed E-state index contributed by atoms with van der Waals surface area (Å²) in [6, 6.07) is -1.24. The molecule has 0 radical (unpaired) electrons. The maximum atomic E-state index is 14.1. The van der Waals surface area contributed by atoms with Crippen LogP contribution in [0.15, 0.2) is 22.5 Å². The topological polar surface area (TPSA) is 162 Å². The Labute approximate surface area is 262 Å². The largest absolute Gasteiger partial charge is 0.492 e. The van der Waals surface area contributed by atoms with Gasteiger partial charge in [0.25, 0.3) is 0 Å². The molecule has 234 valence electrons. The number of fused-ring (bicyclic) bond motifs is 8. The van der Waals surface area contributed by atoms with E-state index in [0.717, 1.165) is 11.8 Å². The number of likely N-dealkylation sites (N-methyl/N-ethyl adjacent to an activating group) is 1. The van der Waals surface area contributed by atoms with Gasteiger partial charge in [-0.2, -0.15) is 5.26 Å². The molecule has 6 aliphatic rings. The lowest BCUT2D eigenvalue weighted by atomic mass is 9.68. The summed E-state index contributed by atoms with van der Waals surface area (Å²) in [5, 5.41) is 10.0. The molecule has 2 saturated heterocycles. The molecule has 3 unspecified atom stereocenters. The van der Waals surface area contributed by atoms with Crippen molar-refractivity contribution in [1.29, 1.82) is 5.26 Å². The highest BCUT2D eigenvalue weighted by Crippen LogP contribution is 2.62. The summed E-state index contributed by atoms with van der Waals surface area (Å²) in [4.78, 5) is 69.9. The second-order valence-corrected chi connectivity index (χ2v) is 12.9. The predicted molar refractivity (Wildman–Crippen MR) is 154 cm³/mol. The first-order valence-electron chi connectivity index (χ1n) is 14.4. The Morgan fingerprint density at radius 3 is 2.49 bits per heavy atom. The van der Waals surface area contributed by atoms with Gasteiger partial charge in [-0.05, 0) is 27.3 Å². The van der Waals surface area contributed by atoms with Crippen LogP contribution >= 0.6 is 11.8 Å². The predicted octanol–water partition coefficient (Wildman–Crippen LogP) is 1.62. The van der Waals surface area contributed by atoms with Crippen molar-refractivity contribution in [2.75, 3.05) is 33.3 Å². The van der Waals surface area contributed by atoms with Crippen molar-refractivity contribution >= 4 is 41.1 Å². The number of hydrogen-bond donors (Lipinski definition) is 0. The van der Waals surface area contributed by atoms with Gasteiger partial charge in [-0.3, -0.25) is 29.0 Å². The third-order valence-corrected chi connectivity index (χ3v) is 11.0. The molecular formula is C31H29N3O10S. The number of ketones is 3. The quantitative estimate of drug-likeness (QED) is 0.199. The number of hydrogen-bond acceptors (Lipinski definition) is 14. The normalized spacial score (nSPS) is 30.8. The van der Waals surface area contributed by atoms with Crippen LogP contribution in [-0.2, 0) is 33.4 Å². The first-order valence-corrected chi connectivity index (χ1v) is 15.5. The summed E-state index contributed by atoms with van der Waals surface area (Å²) in [5.41, 5.74) is 2.37. The van der Waals surface area contributed by atoms with E-state index in [0.29, 0.717) is 33.8 Å². The lowest BCUT2D eigenvalue weighted by Crippen LogP contribution is -2.73. The number of nitriles is 1. The number of nitrogens with zero attached hydrogens (tertiary/aromatic N) is 3. The highest BCUT2D eigenvalue weighted by Gasteiger charge is 2.62. The number of thioether (sulfide) groups is 1. The SMILES string of the molecule is COC1=C(C)C(=O)C2=C(C1=O)C1C3[C@@H]4SCC(=O)C(=O)OC[C@@H](c5c6c(c(C)c(OC(C)=O)c54)OCO6)N3[C@@H](C#N)C(C2)N1C. The third kappa shape index (κ3) is 3.96. The zero-order valence-electron chi connectivity index (χ0n) is 25.1. The highest BCUT2D eigenvalue weighted by atomic mass is 32.2. The standard InChI is InChI=1S/C31H29N3O10S/c1-11-24(37)14-6-15-16(7-32)34-17-8-41-31(39)18(36)9-45-30(23(34)22(33(15)4)19(14)25(38)27(11)40-5)21-20(17)29-28(42-10-43-29)12(2)26(21)44-13(3)35/h15-17,22-23,30H,6,8-10H2,1-5H3/t15?,16-,17-,22?,23?,30+/m0/s1. The molecule has 13 nitrogen and oxygen atoms in total. The molecule has 1 aromatic carbocycles. The molecule has 0 aromatic heterocycles. The Morgan fingerprint density at radius 2 is 1.80 bits per heavy atom. The second-order valence-electron chi connectivity index (χ2n) is 11.8. The Balaban J connectivity index is 1.55. The molecule has 5 heterocycles. The van der Waals surface area contributed by atoms with Crippen LogP contribution in [0.2, 0.25) is 0 Å². The van der Waals surface area contributed by atoms with Crippen LogP contribution in [0.4, 0.5) is 0 Å². The average Bonchev–Trinajstić information content (AvgIpc) is 3.50. The maximum Gasteiger partial charge on any atom is 0.375 e. The zero-order chi connectivity index (χ0) is 32.1. The minimum absolute atomic E-state index is 0.0402. The number of methoxy groups -OCH3 is 1. The van der Waals surface area contributed by atoms with E-state index in [9.17, 15) is 29.2 Å². The fourth-order valence-electron chi connectivity index (χ4n) is 7.90. The summed E-state index contributed by atoms with van der Waals surface area (Å²) >= 11 is 1.12. The van der Waals surface area contributed by atoms with Gasteiger partial charge in [0, 0.05) is 52.4 Å². The number of Topliss-reactive ketones (excluding diaryl/α,β-unsaturated/α-hetero) is 3. The third-order valence-electron chi connectivity index (χ3n) is 9.69. The number of carbonyl (C=O) groups excluding carboxylic acids is 5. The molecule has 1 aliphatic carbocycles. The van der Waals surface area contributed by atoms with Crippen molar-refractivity contribution in [1.82, 2.24) is 9.80 Å². The van der Waals surface area contributed by atoms with Crippen LogP contribution < -0.4 is 14.2 Å². The van der Waals surface area contributed by atoms with Crippen molar-refractivity contribution in [2.45, 2.75) is 62.7 Å². The van der Waals surface area contributed by atoms with Crippen molar-refractivity contribution in [3.8, 4) is 23.3 Å². The molecule has 7 rings (SSSR count). The van der Waals surface area contributed by atoms with Crippen LogP contribution in [0.3, 0.4) is 0 Å². The number of cyclic esters (lactones) is 1. The highest BCUT2D eigenvalue weighted by molar-refractivity contribution is 8.00. The van der Waals surface area contributed by atoms with E-state index < -0.39 is 59.0 Å². The molecule has 5 aliphatic heterocycles. The van der Waals surface area contributed by atoms with Crippen molar-refractivity contribution in [3.05, 3.63) is 39.2 Å². The van der Waals surface area contributed by atoms with Gasteiger partial charge in [0.05, 0.1) is 36.3 Å². The smallest absolute Gasteiger partial charge is 0.375 e. The molecule has 0 amide bonds. The van der Waals surface area contributed by atoms with Gasteiger partial charge < -0.3 is 23.7 Å². The first kappa shape index (κ1) is 29.5. The molecule has 4 bridgehead atoms. The molecule has 6 atom stereocenters. The fraction of sp³-hybridized carbons (Fsp3) is 0.484. The molecule has 0 N–H and O–H groups in total. The number of esters is 2. The van der Waals surface area contributed by atoms with Gasteiger partial charge in [-0.25, -0.2) is 4.79 Å². The summed E-state index contributed by atoms with van der Waals surface area (Å²) in [6.07, 6.45) is 0.142. The zero-order valence-corrected chi connectivity index (χ0v) is 25.9. The van der Waals surface area contributed by atoms with E-state index in [-0.39, 0.29) is 54.0 Å². The van der Waals surface area contributed by atoms with Crippen molar-refractivity contribution < 1.29 is 47.7 Å². The summed E-state index contributed by atoms with van der Waals surface area (Å²) in [7, 11) is 3.16. The Bertz CT molecular complexity index is 1740. The van der Waals surface area contributed by atoms with Crippen LogP contribution in [0.5, 0.6) is 17.2 Å². The fourth-order valence-corrected chi connectivity index (χ4v) is 9.24. The Hall–Kier alpha value is -4.19. The lowest BCUT2D eigenvalue weighted by molar-refractivity contribution is -0.156. The lowest BCUT2D eigenvalue weighted by Gasteiger charge is -2.61. The maximum absolute atomic E-state index is 14.1. The van der Waals surface area contributed by atoms with E-state index in [1.54, 1.807) is 13.8 Å². The van der Waals surface area contributed by atoms with Gasteiger partial charge in [-0.15, -0.1) is 11.8 Å². The van der Waals surface area contributed by atoms with Gasteiger partial charge in [0.15, 0.2) is 23.0 Å². The number of ether oxygens (including phenoxy) is 5. The molecule has 1 aromatic rings. The first-order chi connectivity index (χ1) is 21.5. The van der Waals surface area contributed by atoms with Gasteiger partial charge in [-0.1, -0.05) is 0 Å². The summed E-state index contributed by atoms with van der Waals surface area (Å²) in [6.45, 7) is 4.13. The van der Waals surface area contributed by atoms with Crippen LogP contribution in [0.25, 0.3) is 0 Å². The minimum Gasteiger partial charge on any atom is -0.492 e. The van der Waals surface area contributed by atoms with E-state index in [1.807, 2.05) is 16.8 Å². The van der Waals surface area contributed by atoms with E-state index in [4.69, 9.17) is 23.7 Å². The monoisotopic (exact) mass is 635 g/mol. The average molecular weight is 636 g/mol. The molecular weight excluding hydrogens is 606 g/mol. The number of piperazine rings is 1. The van der Waals surface area contributed by atoms with Crippen LogP contribution in [-0.4, -0.2) is 96.6 Å². The van der Waals surface area contributed by atoms with Gasteiger partial charge >= 0.3 is 11.9 Å². The van der Waals surface area contributed by atoms with E-state index in [2.05, 4.69) is 6.07 Å². The minimum atomic E-state index is -1.000. The van der Waals surface area contributed by atoms with Crippen LogP contribution in [0, 0.1) is 18.3 Å². The molecule has 45 heavy (non-hydrogen) atoms. The Kier molecular flexibility index (Phi) is 6.84. The molecule has 0 spiro atoms. The van der Waals surface area contributed by atoms with Crippen LogP contribution in [0.1, 0.15) is 48.3 Å². The second kappa shape index (κ2) is 10.4. The molecule has 2 fully saturated rings. The van der Waals surface area contributed by atoms with E-state index >= 15 is 0 Å². The molecule has 0 saturated carbocycles. The summed E-state index contributed by atoms with van der Waals surface area (Å²) < 4.78 is 28.7. The number of carbonyl (C=O) groups is 5. The summed E-state index contributed by atoms with van der Waals surface area (Å²) in [5.74, 6) is -2.44. The van der Waals surface area contributed by atoms with Gasteiger partial charge in [0.2, 0.25) is 18.4 Å². The number of allylic oxidation sites excluding steroid dienone is 2. The van der Waals surface area contributed by atoms with Gasteiger partial charge in [0.1, 0.15) is 18.4 Å².